The number of halogens is 2. The standard InChI is InChI=1S/C12H13FN2O.C12H11FN2O/c2*13-11-6-12(15)10(5-9(11)7-14)8-1-3-16-4-2-8/h5-6,8H,1-4,15H2;1,5-6H,2-4,15H2. The quantitative estimate of drug-likeness (QED) is 0.677. The number of nitrogen functional groups attached to an aromatic ring is 2. The first-order chi connectivity index (χ1) is 15.4. The lowest BCUT2D eigenvalue weighted by molar-refractivity contribution is 0.0854. The van der Waals surface area contributed by atoms with E-state index in [9.17, 15) is 8.78 Å². The highest BCUT2D eigenvalue weighted by molar-refractivity contribution is 5.76. The van der Waals surface area contributed by atoms with E-state index in [1.165, 1.54) is 18.2 Å². The van der Waals surface area contributed by atoms with Gasteiger partial charge in [0.1, 0.15) is 23.8 Å². The molecular formula is C24H24F2N4O2. The van der Waals surface area contributed by atoms with Gasteiger partial charge in [0.2, 0.25) is 0 Å². The summed E-state index contributed by atoms with van der Waals surface area (Å²) in [6.45, 7) is 2.56. The van der Waals surface area contributed by atoms with Gasteiger partial charge in [-0.15, -0.1) is 0 Å². The summed E-state index contributed by atoms with van der Waals surface area (Å²) in [5.74, 6) is -0.839. The summed E-state index contributed by atoms with van der Waals surface area (Å²) in [7, 11) is 0. The largest absolute Gasteiger partial charge is 0.398 e. The Balaban J connectivity index is 0.000000181. The fraction of sp³-hybridized carbons (Fsp3) is 0.333. The molecule has 4 rings (SSSR count). The maximum atomic E-state index is 13.3. The van der Waals surface area contributed by atoms with E-state index in [0.29, 0.717) is 37.8 Å². The molecule has 8 heteroatoms. The van der Waals surface area contributed by atoms with E-state index in [1.807, 2.05) is 18.2 Å². The first-order valence-corrected chi connectivity index (χ1v) is 10.3. The number of nitriles is 2. The number of nitrogens with zero attached hydrogens (tertiary/aromatic N) is 2. The second kappa shape index (κ2) is 10.7. The first-order valence-electron chi connectivity index (χ1n) is 10.3. The summed E-state index contributed by atoms with van der Waals surface area (Å²) in [5.41, 5.74) is 15.0. The van der Waals surface area contributed by atoms with Crippen molar-refractivity contribution in [3.05, 3.63) is 64.2 Å². The normalized spacial score (nSPS) is 16.2. The van der Waals surface area contributed by atoms with Crippen molar-refractivity contribution in [3.8, 4) is 12.1 Å². The molecule has 6 nitrogen and oxygen atoms in total. The van der Waals surface area contributed by atoms with Crippen molar-refractivity contribution in [1.29, 1.82) is 10.5 Å². The van der Waals surface area contributed by atoms with E-state index in [0.717, 1.165) is 36.0 Å². The molecule has 0 amide bonds. The summed E-state index contributed by atoms with van der Waals surface area (Å²) in [5, 5.41) is 17.5. The fourth-order valence-electron chi connectivity index (χ4n) is 3.78. The third-order valence-electron chi connectivity index (χ3n) is 5.52. The Morgan fingerprint density at radius 1 is 0.844 bits per heavy atom. The van der Waals surface area contributed by atoms with Crippen molar-refractivity contribution in [2.24, 2.45) is 0 Å². The third-order valence-corrected chi connectivity index (χ3v) is 5.52. The smallest absolute Gasteiger partial charge is 0.143 e. The molecule has 0 bridgehead atoms. The van der Waals surface area contributed by atoms with Crippen LogP contribution in [-0.2, 0) is 9.47 Å². The van der Waals surface area contributed by atoms with Gasteiger partial charge in [0.25, 0.3) is 0 Å². The molecule has 166 valence electrons. The van der Waals surface area contributed by atoms with Crippen molar-refractivity contribution < 1.29 is 18.3 Å². The Labute approximate surface area is 185 Å². The lowest BCUT2D eigenvalue weighted by Gasteiger charge is -2.23. The maximum absolute atomic E-state index is 13.3. The number of hydrogen-bond donors (Lipinski definition) is 2. The topological polar surface area (TPSA) is 118 Å². The van der Waals surface area contributed by atoms with E-state index >= 15 is 0 Å². The van der Waals surface area contributed by atoms with E-state index in [-0.39, 0.29) is 17.0 Å². The van der Waals surface area contributed by atoms with Gasteiger partial charge in [-0.3, -0.25) is 0 Å². The lowest BCUT2D eigenvalue weighted by atomic mass is 9.89. The van der Waals surface area contributed by atoms with Gasteiger partial charge < -0.3 is 20.9 Å². The highest BCUT2D eigenvalue weighted by Crippen LogP contribution is 2.32. The highest BCUT2D eigenvalue weighted by Gasteiger charge is 2.20. The van der Waals surface area contributed by atoms with E-state index in [2.05, 4.69) is 0 Å². The van der Waals surface area contributed by atoms with Gasteiger partial charge in [-0.25, -0.2) is 8.78 Å². The Hall–Kier alpha value is -3.46. The molecule has 0 radical (unpaired) electrons. The van der Waals surface area contributed by atoms with Crippen molar-refractivity contribution in [1.82, 2.24) is 0 Å². The number of benzene rings is 2. The van der Waals surface area contributed by atoms with Crippen LogP contribution in [0.3, 0.4) is 0 Å². The maximum Gasteiger partial charge on any atom is 0.143 e. The van der Waals surface area contributed by atoms with Crippen LogP contribution in [-0.4, -0.2) is 26.4 Å². The zero-order valence-corrected chi connectivity index (χ0v) is 17.5. The molecule has 2 heterocycles. The predicted molar refractivity (Wildman–Crippen MR) is 117 cm³/mol. The Morgan fingerprint density at radius 3 is 2.06 bits per heavy atom. The molecule has 1 fully saturated rings. The summed E-state index contributed by atoms with van der Waals surface area (Å²) < 4.78 is 37.0. The summed E-state index contributed by atoms with van der Waals surface area (Å²) in [4.78, 5) is 0. The predicted octanol–water partition coefficient (Wildman–Crippen LogP) is 4.26. The van der Waals surface area contributed by atoms with E-state index in [4.69, 9.17) is 31.5 Å². The van der Waals surface area contributed by atoms with Crippen molar-refractivity contribution in [2.75, 3.05) is 37.9 Å². The molecule has 0 aromatic heterocycles. The molecule has 0 unspecified atom stereocenters. The van der Waals surface area contributed by atoms with Gasteiger partial charge in [-0.2, -0.15) is 10.5 Å². The molecule has 0 spiro atoms. The Bertz CT molecular complexity index is 1100. The highest BCUT2D eigenvalue weighted by atomic mass is 19.1. The van der Waals surface area contributed by atoms with Crippen LogP contribution < -0.4 is 11.5 Å². The number of nitrogens with two attached hydrogens (primary N) is 2. The summed E-state index contributed by atoms with van der Waals surface area (Å²) >= 11 is 0. The molecule has 2 aromatic carbocycles. The number of anilines is 2. The number of rotatable bonds is 2. The third kappa shape index (κ3) is 5.42. The molecule has 4 N–H and O–H groups in total. The first kappa shape index (κ1) is 23.2. The van der Waals surface area contributed by atoms with E-state index in [1.54, 1.807) is 6.07 Å². The average Bonchev–Trinajstić information content (AvgIpc) is 2.81. The minimum Gasteiger partial charge on any atom is -0.398 e. The summed E-state index contributed by atoms with van der Waals surface area (Å²) in [6, 6.07) is 9.16. The van der Waals surface area contributed by atoms with E-state index < -0.39 is 11.6 Å². The zero-order valence-electron chi connectivity index (χ0n) is 17.5. The van der Waals surface area contributed by atoms with Crippen LogP contribution in [0.15, 0.2) is 30.3 Å². The second-order valence-corrected chi connectivity index (χ2v) is 7.54. The zero-order chi connectivity index (χ0) is 23.1. The molecular weight excluding hydrogens is 414 g/mol. The van der Waals surface area contributed by atoms with Gasteiger partial charge >= 0.3 is 0 Å². The SMILES string of the molecule is N#Cc1cc(C2=CCOCC2)c(N)cc1F.N#Cc1cc(C2CCOCC2)c(N)cc1F. The molecule has 2 aromatic rings. The molecule has 2 aliphatic rings. The molecule has 2 aliphatic heterocycles. The van der Waals surface area contributed by atoms with Gasteiger partial charge in [-0.1, -0.05) is 6.08 Å². The fourth-order valence-corrected chi connectivity index (χ4v) is 3.78. The monoisotopic (exact) mass is 438 g/mol. The molecule has 1 saturated heterocycles. The van der Waals surface area contributed by atoms with Crippen LogP contribution in [0, 0.1) is 34.3 Å². The minimum atomic E-state index is -0.573. The van der Waals surface area contributed by atoms with Crippen LogP contribution in [0.1, 0.15) is 47.4 Å². The van der Waals surface area contributed by atoms with Crippen LogP contribution in [0.2, 0.25) is 0 Å². The van der Waals surface area contributed by atoms with Gasteiger partial charge in [0, 0.05) is 30.2 Å². The lowest BCUT2D eigenvalue weighted by Crippen LogP contribution is -2.15. The minimum absolute atomic E-state index is 0.0246. The number of ether oxygens (including phenoxy) is 2. The van der Waals surface area contributed by atoms with Gasteiger partial charge in [0.15, 0.2) is 0 Å². The van der Waals surface area contributed by atoms with Crippen molar-refractivity contribution >= 4 is 16.9 Å². The van der Waals surface area contributed by atoms with Gasteiger partial charge in [0.05, 0.1) is 24.3 Å². The van der Waals surface area contributed by atoms with Crippen LogP contribution in [0.4, 0.5) is 20.2 Å². The number of hydrogen-bond acceptors (Lipinski definition) is 6. The molecule has 0 atom stereocenters. The summed E-state index contributed by atoms with van der Waals surface area (Å²) in [6.07, 6.45) is 4.40. The molecule has 0 aliphatic carbocycles. The van der Waals surface area contributed by atoms with Crippen molar-refractivity contribution in [2.45, 2.75) is 25.2 Å². The van der Waals surface area contributed by atoms with Crippen molar-refractivity contribution in [3.63, 3.8) is 0 Å². The van der Waals surface area contributed by atoms with Crippen LogP contribution >= 0.6 is 0 Å². The Kier molecular flexibility index (Phi) is 7.77. The Morgan fingerprint density at radius 2 is 1.47 bits per heavy atom. The van der Waals surface area contributed by atoms with Gasteiger partial charge in [-0.05, 0) is 60.6 Å². The van der Waals surface area contributed by atoms with Crippen LogP contribution in [0.5, 0.6) is 0 Å². The molecule has 32 heavy (non-hydrogen) atoms. The second-order valence-electron chi connectivity index (χ2n) is 7.54. The molecule has 0 saturated carbocycles. The average molecular weight is 438 g/mol. The van der Waals surface area contributed by atoms with Crippen LogP contribution in [0.25, 0.3) is 5.57 Å².